The Bertz CT molecular complexity index is 1240. The summed E-state index contributed by atoms with van der Waals surface area (Å²) in [5, 5.41) is 7.96. The number of nitrogens with one attached hydrogen (secondary N) is 2. The lowest BCUT2D eigenvalue weighted by Gasteiger charge is -2.34. The molecule has 2 heterocycles. The summed E-state index contributed by atoms with van der Waals surface area (Å²) in [4.78, 5) is 56.1. The van der Waals surface area contributed by atoms with E-state index in [1.165, 1.54) is 11.3 Å². The Kier molecular flexibility index (Phi) is 12.4. The molecular formula is C28H38ClN5O7S. The van der Waals surface area contributed by atoms with E-state index in [0.717, 1.165) is 5.56 Å². The number of amides is 3. The summed E-state index contributed by atoms with van der Waals surface area (Å²) in [6.45, 7) is 10.7. The third-order valence-electron chi connectivity index (χ3n) is 5.98. The van der Waals surface area contributed by atoms with Gasteiger partial charge in [-0.2, -0.15) is 0 Å². The van der Waals surface area contributed by atoms with Crippen LogP contribution in [-0.4, -0.2) is 103 Å². The number of halogens is 1. The van der Waals surface area contributed by atoms with Crippen molar-refractivity contribution in [1.29, 1.82) is 0 Å². The Morgan fingerprint density at radius 2 is 1.81 bits per heavy atom. The Morgan fingerprint density at radius 3 is 2.48 bits per heavy atom. The summed E-state index contributed by atoms with van der Waals surface area (Å²) in [7, 11) is 0. The minimum absolute atomic E-state index is 0.0418. The van der Waals surface area contributed by atoms with E-state index in [4.69, 9.17) is 25.8 Å². The molecule has 0 atom stereocenters. The Balaban J connectivity index is 1.38. The number of aromatic nitrogens is 1. The van der Waals surface area contributed by atoms with Gasteiger partial charge in [-0.1, -0.05) is 11.6 Å². The number of thiazole rings is 1. The zero-order valence-electron chi connectivity index (χ0n) is 24.4. The second kappa shape index (κ2) is 15.7. The van der Waals surface area contributed by atoms with E-state index >= 15 is 0 Å². The molecule has 14 heteroatoms. The number of alkyl carbamates (subject to hydrolysis) is 1. The molecule has 1 saturated heterocycles. The van der Waals surface area contributed by atoms with Gasteiger partial charge in [0, 0.05) is 43.7 Å². The molecule has 0 radical (unpaired) electrons. The summed E-state index contributed by atoms with van der Waals surface area (Å²) >= 11 is 7.89. The highest BCUT2D eigenvalue weighted by Gasteiger charge is 2.23. The summed E-state index contributed by atoms with van der Waals surface area (Å²) in [5.41, 5.74) is 0.692. The van der Waals surface area contributed by atoms with Gasteiger partial charge in [0.2, 0.25) is 11.8 Å². The van der Waals surface area contributed by atoms with Gasteiger partial charge < -0.3 is 29.7 Å². The number of ether oxygens (including phenoxy) is 3. The molecule has 1 aliphatic rings. The molecule has 12 nitrogen and oxygen atoms in total. The normalized spacial score (nSPS) is 13.8. The molecule has 230 valence electrons. The van der Waals surface area contributed by atoms with Crippen LogP contribution in [0.2, 0.25) is 5.02 Å². The molecular weight excluding hydrogens is 586 g/mol. The van der Waals surface area contributed by atoms with Gasteiger partial charge >= 0.3 is 12.1 Å². The first kappa shape index (κ1) is 33.1. The first-order valence-electron chi connectivity index (χ1n) is 13.7. The average Bonchev–Trinajstić information content (AvgIpc) is 3.38. The lowest BCUT2D eigenvalue weighted by Crippen LogP contribution is -2.52. The van der Waals surface area contributed by atoms with E-state index in [9.17, 15) is 19.2 Å². The zero-order chi connectivity index (χ0) is 30.7. The van der Waals surface area contributed by atoms with Crippen LogP contribution in [0.4, 0.5) is 4.79 Å². The van der Waals surface area contributed by atoms with Crippen LogP contribution >= 0.6 is 22.9 Å². The molecule has 0 unspecified atom stereocenters. The summed E-state index contributed by atoms with van der Waals surface area (Å²) in [6.07, 6.45) is -0.565. The summed E-state index contributed by atoms with van der Waals surface area (Å²) in [6, 6.07) is 5.39. The molecule has 0 saturated carbocycles. The van der Waals surface area contributed by atoms with E-state index in [1.807, 2.05) is 12.1 Å². The summed E-state index contributed by atoms with van der Waals surface area (Å²) in [5.74, 6) is -0.325. The van der Waals surface area contributed by atoms with Crippen LogP contribution in [0.3, 0.4) is 0 Å². The summed E-state index contributed by atoms with van der Waals surface area (Å²) < 4.78 is 15.9. The number of hydrogen-bond acceptors (Lipinski definition) is 10. The van der Waals surface area contributed by atoms with E-state index in [1.54, 1.807) is 44.0 Å². The maximum absolute atomic E-state index is 12.4. The fraction of sp³-hybridized carbons (Fsp3) is 0.536. The quantitative estimate of drug-likeness (QED) is 0.342. The predicted octanol–water partition coefficient (Wildman–Crippen LogP) is 2.73. The average molecular weight is 624 g/mol. The molecule has 42 heavy (non-hydrogen) atoms. The first-order chi connectivity index (χ1) is 19.9. The third kappa shape index (κ3) is 11.1. The minimum Gasteiger partial charge on any atom is -0.492 e. The lowest BCUT2D eigenvalue weighted by molar-refractivity contribution is -0.143. The van der Waals surface area contributed by atoms with Crippen LogP contribution in [0.25, 0.3) is 10.6 Å². The van der Waals surface area contributed by atoms with E-state index in [-0.39, 0.29) is 37.9 Å². The number of hydrogen-bond donors (Lipinski definition) is 2. The van der Waals surface area contributed by atoms with Crippen LogP contribution in [-0.2, 0) is 30.3 Å². The molecule has 0 aliphatic carbocycles. The van der Waals surface area contributed by atoms with Gasteiger partial charge in [-0.3, -0.25) is 19.3 Å². The van der Waals surface area contributed by atoms with Crippen molar-refractivity contribution in [3.8, 4) is 16.3 Å². The highest BCUT2D eigenvalue weighted by molar-refractivity contribution is 7.13. The van der Waals surface area contributed by atoms with Crippen molar-refractivity contribution in [1.82, 2.24) is 25.4 Å². The number of nitrogens with zero attached hydrogens (tertiary/aromatic N) is 3. The molecule has 2 N–H and O–H groups in total. The fourth-order valence-corrected chi connectivity index (χ4v) is 5.14. The molecule has 1 aromatic heterocycles. The van der Waals surface area contributed by atoms with Gasteiger partial charge in [0.15, 0.2) is 0 Å². The van der Waals surface area contributed by atoms with Gasteiger partial charge in [0.05, 0.1) is 23.7 Å². The van der Waals surface area contributed by atoms with Gasteiger partial charge in [-0.05, 0) is 45.9 Å². The van der Waals surface area contributed by atoms with Crippen molar-refractivity contribution in [2.24, 2.45) is 0 Å². The van der Waals surface area contributed by atoms with Crippen molar-refractivity contribution < 1.29 is 33.4 Å². The van der Waals surface area contributed by atoms with Crippen LogP contribution < -0.4 is 15.4 Å². The third-order valence-corrected chi connectivity index (χ3v) is 7.22. The number of carbonyl (C=O) groups is 4. The highest BCUT2D eigenvalue weighted by atomic mass is 35.5. The van der Waals surface area contributed by atoms with Gasteiger partial charge in [0.25, 0.3) is 0 Å². The SMILES string of the molecule is CCOC(=O)CNC(=O)Cc1csc(-c2ccc(OCCN3CCN(C(=O)CNC(=O)OC(C)(C)C)CC3)cc2Cl)n1. The van der Waals surface area contributed by atoms with Crippen LogP contribution in [0, 0.1) is 0 Å². The second-order valence-electron chi connectivity index (χ2n) is 10.5. The number of benzene rings is 1. The maximum atomic E-state index is 12.4. The van der Waals surface area contributed by atoms with Crippen molar-refractivity contribution >= 4 is 46.8 Å². The topological polar surface area (TPSA) is 139 Å². The molecule has 1 aliphatic heterocycles. The largest absolute Gasteiger partial charge is 0.492 e. The zero-order valence-corrected chi connectivity index (χ0v) is 25.9. The number of piperazine rings is 1. The molecule has 1 aromatic carbocycles. The number of carbonyl (C=O) groups excluding carboxylic acids is 4. The van der Waals surface area contributed by atoms with Crippen molar-refractivity contribution in [2.45, 2.75) is 39.7 Å². The predicted molar refractivity (Wildman–Crippen MR) is 159 cm³/mol. The molecule has 0 bridgehead atoms. The van der Waals surface area contributed by atoms with Crippen LogP contribution in [0.1, 0.15) is 33.4 Å². The molecule has 3 amide bonds. The Labute approximate surface area is 254 Å². The van der Waals surface area contributed by atoms with E-state index in [0.29, 0.717) is 60.8 Å². The maximum Gasteiger partial charge on any atom is 0.408 e. The first-order valence-corrected chi connectivity index (χ1v) is 15.0. The van der Waals surface area contributed by atoms with E-state index < -0.39 is 17.7 Å². The lowest BCUT2D eigenvalue weighted by atomic mass is 10.2. The molecule has 3 rings (SSSR count). The van der Waals surface area contributed by atoms with Crippen LogP contribution in [0.5, 0.6) is 5.75 Å². The van der Waals surface area contributed by atoms with Crippen molar-refractivity contribution in [2.75, 3.05) is 59.0 Å². The second-order valence-corrected chi connectivity index (χ2v) is 11.7. The fourth-order valence-electron chi connectivity index (χ4n) is 3.97. The number of esters is 1. The highest BCUT2D eigenvalue weighted by Crippen LogP contribution is 2.33. The van der Waals surface area contributed by atoms with Crippen molar-refractivity contribution in [3.63, 3.8) is 0 Å². The Hall–Kier alpha value is -3.42. The minimum atomic E-state index is -0.616. The molecule has 1 fully saturated rings. The van der Waals surface area contributed by atoms with Crippen molar-refractivity contribution in [3.05, 3.63) is 34.3 Å². The Morgan fingerprint density at radius 1 is 1.07 bits per heavy atom. The van der Waals surface area contributed by atoms with Crippen LogP contribution in [0.15, 0.2) is 23.6 Å². The standard InChI is InChI=1S/C28H38ClN5O7S/c1-5-39-25(37)17-30-23(35)14-19-18-42-26(32-19)21-7-6-20(15-22(21)29)40-13-12-33-8-10-34(11-9-33)24(36)16-31-27(38)41-28(2,3)4/h6-7,15,18H,5,8-14,16-17H2,1-4H3,(H,30,35)(H,31,38). The molecule has 0 spiro atoms. The number of rotatable bonds is 12. The van der Waals surface area contributed by atoms with E-state index in [2.05, 4.69) is 20.5 Å². The van der Waals surface area contributed by atoms with Gasteiger partial charge in [-0.15, -0.1) is 11.3 Å². The molecule has 2 aromatic rings. The smallest absolute Gasteiger partial charge is 0.408 e. The van der Waals surface area contributed by atoms with Gasteiger partial charge in [-0.25, -0.2) is 9.78 Å². The van der Waals surface area contributed by atoms with Gasteiger partial charge in [0.1, 0.15) is 36.1 Å². The monoisotopic (exact) mass is 623 g/mol.